The number of rotatable bonds is 0. The molecule has 2 aromatic rings. The zero-order valence-corrected chi connectivity index (χ0v) is 7.55. The molecule has 0 aliphatic carbocycles. The fourth-order valence-electron chi connectivity index (χ4n) is 1.09. The average molecular weight is 212 g/mol. The molecule has 1 heterocycles. The maximum Gasteiger partial charge on any atom is 0.168 e. The van der Waals surface area contributed by atoms with Crippen molar-refractivity contribution in [3.63, 3.8) is 0 Å². The number of halogens is 1. The van der Waals surface area contributed by atoms with Crippen LogP contribution < -0.4 is 0 Å². The van der Waals surface area contributed by atoms with E-state index < -0.39 is 0 Å². The Morgan fingerprint density at radius 1 is 1.45 bits per heavy atom. The summed E-state index contributed by atoms with van der Waals surface area (Å²) in [4.78, 5) is 0. The van der Waals surface area contributed by atoms with Crippen LogP contribution in [0.25, 0.3) is 11.0 Å². The van der Waals surface area contributed by atoms with Gasteiger partial charge in [0.05, 0.1) is 11.1 Å². The van der Waals surface area contributed by atoms with Gasteiger partial charge in [0.25, 0.3) is 0 Å². The largest absolute Gasteiger partial charge is 0.356 e. The fraction of sp³-hybridized carbons (Fsp3) is 0.125. The highest BCUT2D eigenvalue weighted by Gasteiger charge is 2.05. The number of fused-ring (bicyclic) bond motifs is 1. The van der Waals surface area contributed by atoms with Crippen LogP contribution >= 0.6 is 15.9 Å². The Labute approximate surface area is 72.3 Å². The Morgan fingerprint density at radius 2 is 2.27 bits per heavy atom. The van der Waals surface area contributed by atoms with E-state index >= 15 is 0 Å². The van der Waals surface area contributed by atoms with Crippen LogP contribution in [-0.4, -0.2) is 5.16 Å². The molecule has 0 atom stereocenters. The lowest BCUT2D eigenvalue weighted by Crippen LogP contribution is -1.71. The Morgan fingerprint density at radius 3 is 3.00 bits per heavy atom. The van der Waals surface area contributed by atoms with Crippen molar-refractivity contribution in [2.45, 2.75) is 6.92 Å². The van der Waals surface area contributed by atoms with E-state index in [1.165, 1.54) is 0 Å². The quantitative estimate of drug-likeness (QED) is 0.670. The maximum absolute atomic E-state index is 5.05. The van der Waals surface area contributed by atoms with Crippen molar-refractivity contribution in [2.24, 2.45) is 0 Å². The molecular formula is C8H6BrNO. The van der Waals surface area contributed by atoms with Gasteiger partial charge in [-0.05, 0) is 35.0 Å². The fourth-order valence-corrected chi connectivity index (χ4v) is 1.73. The molecule has 0 saturated carbocycles. The van der Waals surface area contributed by atoms with Gasteiger partial charge >= 0.3 is 0 Å². The molecule has 0 spiro atoms. The second-order valence-corrected chi connectivity index (χ2v) is 3.24. The van der Waals surface area contributed by atoms with Crippen LogP contribution in [0.1, 0.15) is 5.69 Å². The number of hydrogen-bond donors (Lipinski definition) is 0. The van der Waals surface area contributed by atoms with Gasteiger partial charge in [0.15, 0.2) is 5.58 Å². The molecule has 0 N–H and O–H groups in total. The van der Waals surface area contributed by atoms with Crippen molar-refractivity contribution in [1.29, 1.82) is 0 Å². The topological polar surface area (TPSA) is 26.0 Å². The van der Waals surface area contributed by atoms with E-state index in [2.05, 4.69) is 21.1 Å². The van der Waals surface area contributed by atoms with Gasteiger partial charge in [0, 0.05) is 4.47 Å². The lowest BCUT2D eigenvalue weighted by molar-refractivity contribution is 0.450. The van der Waals surface area contributed by atoms with E-state index in [1.54, 1.807) is 0 Å². The Kier molecular flexibility index (Phi) is 1.46. The summed E-state index contributed by atoms with van der Waals surface area (Å²) in [6.45, 7) is 1.93. The standard InChI is InChI=1S/C8H6BrNO/c1-5-8-6(9)3-2-4-7(8)11-10-5/h2-4H,1H3. The average Bonchev–Trinajstić information content (AvgIpc) is 2.34. The summed E-state index contributed by atoms with van der Waals surface area (Å²) in [5.74, 6) is 0. The van der Waals surface area contributed by atoms with Gasteiger partial charge in [-0.25, -0.2) is 0 Å². The third-order valence-electron chi connectivity index (χ3n) is 1.62. The Bertz CT molecular complexity index is 394. The van der Waals surface area contributed by atoms with Gasteiger partial charge in [-0.3, -0.25) is 0 Å². The summed E-state index contributed by atoms with van der Waals surface area (Å²) in [7, 11) is 0. The zero-order chi connectivity index (χ0) is 7.84. The highest BCUT2D eigenvalue weighted by atomic mass is 79.9. The van der Waals surface area contributed by atoms with E-state index in [0.717, 1.165) is 21.1 Å². The Hall–Kier alpha value is -0.830. The normalized spacial score (nSPS) is 10.7. The molecule has 2 rings (SSSR count). The van der Waals surface area contributed by atoms with Crippen molar-refractivity contribution in [3.8, 4) is 0 Å². The molecule has 0 unspecified atom stereocenters. The first-order chi connectivity index (χ1) is 5.29. The van der Waals surface area contributed by atoms with Crippen LogP contribution in [0.4, 0.5) is 0 Å². The second-order valence-electron chi connectivity index (χ2n) is 2.38. The van der Waals surface area contributed by atoms with E-state index in [0.29, 0.717) is 0 Å². The molecule has 0 aliphatic heterocycles. The molecule has 0 fully saturated rings. The molecule has 0 amide bonds. The number of hydrogen-bond acceptors (Lipinski definition) is 2. The monoisotopic (exact) mass is 211 g/mol. The van der Waals surface area contributed by atoms with Crippen LogP contribution in [0.2, 0.25) is 0 Å². The predicted molar refractivity (Wildman–Crippen MR) is 46.4 cm³/mol. The van der Waals surface area contributed by atoms with Crippen molar-refractivity contribution in [3.05, 3.63) is 28.4 Å². The zero-order valence-electron chi connectivity index (χ0n) is 5.97. The molecule has 0 saturated heterocycles. The van der Waals surface area contributed by atoms with Gasteiger partial charge in [0.1, 0.15) is 0 Å². The van der Waals surface area contributed by atoms with E-state index in [9.17, 15) is 0 Å². The highest BCUT2D eigenvalue weighted by Crippen LogP contribution is 2.25. The van der Waals surface area contributed by atoms with Crippen molar-refractivity contribution in [2.75, 3.05) is 0 Å². The van der Waals surface area contributed by atoms with Crippen molar-refractivity contribution in [1.82, 2.24) is 5.16 Å². The first-order valence-electron chi connectivity index (χ1n) is 3.29. The number of nitrogens with zero attached hydrogens (tertiary/aromatic N) is 1. The second kappa shape index (κ2) is 2.34. The summed E-state index contributed by atoms with van der Waals surface area (Å²) >= 11 is 3.43. The molecule has 1 aromatic heterocycles. The minimum atomic E-state index is 0.830. The summed E-state index contributed by atoms with van der Waals surface area (Å²) in [6.07, 6.45) is 0. The summed E-state index contributed by atoms with van der Waals surface area (Å²) in [6, 6.07) is 5.81. The summed E-state index contributed by atoms with van der Waals surface area (Å²) < 4.78 is 6.09. The molecule has 0 aliphatic rings. The van der Waals surface area contributed by atoms with Gasteiger partial charge in [-0.2, -0.15) is 0 Å². The van der Waals surface area contributed by atoms with E-state index in [1.807, 2.05) is 25.1 Å². The molecule has 0 bridgehead atoms. The molecular weight excluding hydrogens is 206 g/mol. The smallest absolute Gasteiger partial charge is 0.168 e. The molecule has 11 heavy (non-hydrogen) atoms. The maximum atomic E-state index is 5.05. The summed E-state index contributed by atoms with van der Waals surface area (Å²) in [5.41, 5.74) is 1.75. The number of benzene rings is 1. The molecule has 1 aromatic carbocycles. The summed E-state index contributed by atoms with van der Waals surface area (Å²) in [5, 5.41) is 4.91. The third-order valence-corrected chi connectivity index (χ3v) is 2.28. The van der Waals surface area contributed by atoms with Crippen LogP contribution in [0.5, 0.6) is 0 Å². The molecule has 56 valence electrons. The molecule has 2 nitrogen and oxygen atoms in total. The van der Waals surface area contributed by atoms with Crippen LogP contribution in [-0.2, 0) is 0 Å². The van der Waals surface area contributed by atoms with E-state index in [4.69, 9.17) is 4.52 Å². The van der Waals surface area contributed by atoms with Crippen LogP contribution in [0.3, 0.4) is 0 Å². The van der Waals surface area contributed by atoms with Crippen LogP contribution in [0.15, 0.2) is 27.2 Å². The third kappa shape index (κ3) is 0.959. The SMILES string of the molecule is Cc1noc2cccc(Br)c12. The minimum Gasteiger partial charge on any atom is -0.356 e. The Balaban J connectivity index is 2.96. The number of aryl methyl sites for hydroxylation is 1. The predicted octanol–water partition coefficient (Wildman–Crippen LogP) is 2.90. The molecule has 0 radical (unpaired) electrons. The van der Waals surface area contributed by atoms with Gasteiger partial charge in [-0.1, -0.05) is 11.2 Å². The molecule has 3 heteroatoms. The first kappa shape index (κ1) is 6.85. The lowest BCUT2D eigenvalue weighted by Gasteiger charge is -1.89. The van der Waals surface area contributed by atoms with Crippen LogP contribution in [0, 0.1) is 6.92 Å². The van der Waals surface area contributed by atoms with Crippen molar-refractivity contribution < 1.29 is 4.52 Å². The van der Waals surface area contributed by atoms with Gasteiger partial charge in [0.2, 0.25) is 0 Å². The lowest BCUT2D eigenvalue weighted by atomic mass is 10.2. The van der Waals surface area contributed by atoms with Crippen molar-refractivity contribution >= 4 is 26.9 Å². The van der Waals surface area contributed by atoms with E-state index in [-0.39, 0.29) is 0 Å². The number of aromatic nitrogens is 1. The highest BCUT2D eigenvalue weighted by molar-refractivity contribution is 9.10. The van der Waals surface area contributed by atoms with Gasteiger partial charge < -0.3 is 4.52 Å². The minimum absolute atomic E-state index is 0.830. The van der Waals surface area contributed by atoms with Gasteiger partial charge in [-0.15, -0.1) is 0 Å². The first-order valence-corrected chi connectivity index (χ1v) is 4.09.